The van der Waals surface area contributed by atoms with E-state index >= 15 is 0 Å². The van der Waals surface area contributed by atoms with Gasteiger partial charge in [0.1, 0.15) is 5.72 Å². The van der Waals surface area contributed by atoms with Crippen molar-refractivity contribution in [3.05, 3.63) is 0 Å². The molecule has 0 aromatic carbocycles. The van der Waals surface area contributed by atoms with Crippen molar-refractivity contribution in [2.45, 2.75) is 32.4 Å². The summed E-state index contributed by atoms with van der Waals surface area (Å²) in [6.07, 6.45) is 2.56. The molecule has 2 fully saturated rings. The quantitative estimate of drug-likeness (QED) is 0.658. The molecule has 2 aliphatic heterocycles. The molecule has 2 saturated heterocycles. The minimum absolute atomic E-state index is 0.0834. The van der Waals surface area contributed by atoms with Crippen LogP contribution < -0.4 is 10.6 Å². The van der Waals surface area contributed by atoms with Crippen LogP contribution >= 0.6 is 0 Å². The van der Waals surface area contributed by atoms with Gasteiger partial charge in [-0.05, 0) is 32.2 Å². The maximum atomic E-state index is 5.97. The van der Waals surface area contributed by atoms with Crippen LogP contribution in [0.5, 0.6) is 0 Å². The van der Waals surface area contributed by atoms with Gasteiger partial charge in [0.15, 0.2) is 0 Å². The van der Waals surface area contributed by atoms with E-state index in [0.717, 1.165) is 19.7 Å². The first-order chi connectivity index (χ1) is 6.71. The average molecular weight is 198 g/mol. The minimum atomic E-state index is -0.0834. The Bertz CT molecular complexity index is 182. The van der Waals surface area contributed by atoms with E-state index in [2.05, 4.69) is 24.5 Å². The van der Waals surface area contributed by atoms with Gasteiger partial charge in [0.25, 0.3) is 0 Å². The number of hydrogen-bond donors (Lipinski definition) is 2. The molecule has 2 rings (SSSR count). The van der Waals surface area contributed by atoms with Crippen LogP contribution in [0.25, 0.3) is 0 Å². The van der Waals surface area contributed by atoms with E-state index in [4.69, 9.17) is 4.74 Å². The van der Waals surface area contributed by atoms with Crippen molar-refractivity contribution in [3.63, 3.8) is 0 Å². The lowest BCUT2D eigenvalue weighted by molar-refractivity contribution is -0.139. The number of hydrogen-bond acceptors (Lipinski definition) is 3. The molecule has 2 aliphatic rings. The summed E-state index contributed by atoms with van der Waals surface area (Å²) in [6, 6.07) is 0. The van der Waals surface area contributed by atoms with Gasteiger partial charge in [-0.25, -0.2) is 0 Å². The summed E-state index contributed by atoms with van der Waals surface area (Å²) in [4.78, 5) is 0. The van der Waals surface area contributed by atoms with Gasteiger partial charge < -0.3 is 10.1 Å². The van der Waals surface area contributed by atoms with Crippen molar-refractivity contribution in [2.24, 2.45) is 11.8 Å². The zero-order valence-corrected chi connectivity index (χ0v) is 9.31. The van der Waals surface area contributed by atoms with Crippen molar-refractivity contribution < 1.29 is 4.74 Å². The maximum Gasteiger partial charge on any atom is 0.120 e. The van der Waals surface area contributed by atoms with Gasteiger partial charge in [0, 0.05) is 19.0 Å². The molecule has 0 aromatic heterocycles. The second-order valence-electron chi connectivity index (χ2n) is 4.95. The second kappa shape index (κ2) is 4.17. The monoisotopic (exact) mass is 198 g/mol. The lowest BCUT2D eigenvalue weighted by Crippen LogP contribution is -2.59. The van der Waals surface area contributed by atoms with Gasteiger partial charge in [0.2, 0.25) is 0 Å². The third-order valence-electron chi connectivity index (χ3n) is 3.55. The Hall–Kier alpha value is -0.120. The van der Waals surface area contributed by atoms with E-state index in [1.54, 1.807) is 0 Å². The number of rotatable bonds is 1. The Morgan fingerprint density at radius 1 is 1.36 bits per heavy atom. The molecular formula is C11H22N2O. The normalized spacial score (nSPS) is 45.0. The summed E-state index contributed by atoms with van der Waals surface area (Å²) in [7, 11) is 0. The Balaban J connectivity index is 1.93. The first kappa shape index (κ1) is 10.4. The van der Waals surface area contributed by atoms with Crippen LogP contribution in [0.1, 0.15) is 26.7 Å². The Morgan fingerprint density at radius 3 is 2.79 bits per heavy atom. The molecule has 14 heavy (non-hydrogen) atoms. The van der Waals surface area contributed by atoms with Gasteiger partial charge >= 0.3 is 0 Å². The minimum Gasteiger partial charge on any atom is -0.360 e. The van der Waals surface area contributed by atoms with Gasteiger partial charge in [-0.15, -0.1) is 0 Å². The van der Waals surface area contributed by atoms with Crippen LogP contribution in [0.15, 0.2) is 0 Å². The first-order valence-corrected chi connectivity index (χ1v) is 5.80. The molecule has 0 saturated carbocycles. The molecule has 0 radical (unpaired) electrons. The topological polar surface area (TPSA) is 33.3 Å². The molecule has 0 aromatic rings. The smallest absolute Gasteiger partial charge is 0.120 e. The first-order valence-electron chi connectivity index (χ1n) is 5.80. The van der Waals surface area contributed by atoms with Crippen LogP contribution in [0.3, 0.4) is 0 Å². The van der Waals surface area contributed by atoms with E-state index in [1.165, 1.54) is 19.4 Å². The van der Waals surface area contributed by atoms with E-state index < -0.39 is 0 Å². The molecule has 2 heterocycles. The fourth-order valence-electron chi connectivity index (χ4n) is 2.39. The molecule has 0 aliphatic carbocycles. The third-order valence-corrected chi connectivity index (χ3v) is 3.55. The van der Waals surface area contributed by atoms with Gasteiger partial charge in [-0.1, -0.05) is 6.92 Å². The summed E-state index contributed by atoms with van der Waals surface area (Å²) in [6.45, 7) is 8.69. The number of nitrogens with one attached hydrogen (secondary N) is 2. The lowest BCUT2D eigenvalue weighted by Gasteiger charge is -2.44. The Kier molecular flexibility index (Phi) is 3.10. The summed E-state index contributed by atoms with van der Waals surface area (Å²) in [5.74, 6) is 1.28. The summed E-state index contributed by atoms with van der Waals surface area (Å²) < 4.78 is 5.97. The predicted molar refractivity (Wildman–Crippen MR) is 57.1 cm³/mol. The van der Waals surface area contributed by atoms with Crippen LogP contribution in [-0.2, 0) is 4.74 Å². The molecule has 0 spiro atoms. The fourth-order valence-corrected chi connectivity index (χ4v) is 2.39. The molecule has 82 valence electrons. The molecule has 2 N–H and O–H groups in total. The fraction of sp³-hybridized carbons (Fsp3) is 1.00. The Labute approximate surface area is 86.6 Å². The molecule has 3 atom stereocenters. The van der Waals surface area contributed by atoms with Gasteiger partial charge in [-0.3, -0.25) is 5.32 Å². The highest BCUT2D eigenvalue weighted by molar-refractivity contribution is 4.88. The maximum absolute atomic E-state index is 5.97. The average Bonchev–Trinajstić information content (AvgIpc) is 2.24. The van der Waals surface area contributed by atoms with Crippen LogP contribution in [0.4, 0.5) is 0 Å². The highest BCUT2D eigenvalue weighted by atomic mass is 16.5. The predicted octanol–water partition coefficient (Wildman–Crippen LogP) is 0.958. The number of ether oxygens (including phenoxy) is 1. The number of piperidine rings is 1. The van der Waals surface area contributed by atoms with E-state index in [1.807, 2.05) is 0 Å². The highest BCUT2D eigenvalue weighted by Gasteiger charge is 2.38. The van der Waals surface area contributed by atoms with Gasteiger partial charge in [-0.2, -0.15) is 0 Å². The zero-order chi connectivity index (χ0) is 10.0. The van der Waals surface area contributed by atoms with Crippen molar-refractivity contribution >= 4 is 0 Å². The van der Waals surface area contributed by atoms with Crippen molar-refractivity contribution in [1.82, 2.24) is 10.6 Å². The SMILES string of the molecule is CC1CNC(C)(C2CCCNC2)OC1. The Morgan fingerprint density at radius 2 is 2.21 bits per heavy atom. The molecule has 0 amide bonds. The van der Waals surface area contributed by atoms with Crippen LogP contribution in [0, 0.1) is 11.8 Å². The van der Waals surface area contributed by atoms with E-state index in [-0.39, 0.29) is 5.72 Å². The molecule has 3 heteroatoms. The van der Waals surface area contributed by atoms with Crippen LogP contribution in [-0.4, -0.2) is 32.0 Å². The lowest BCUT2D eigenvalue weighted by atomic mass is 9.88. The van der Waals surface area contributed by atoms with E-state index in [9.17, 15) is 0 Å². The summed E-state index contributed by atoms with van der Waals surface area (Å²) >= 11 is 0. The second-order valence-corrected chi connectivity index (χ2v) is 4.95. The largest absolute Gasteiger partial charge is 0.360 e. The zero-order valence-electron chi connectivity index (χ0n) is 9.31. The standard InChI is InChI=1S/C11H22N2O/c1-9-6-13-11(2,14-8-9)10-4-3-5-12-7-10/h9-10,12-13H,3-8H2,1-2H3. The van der Waals surface area contributed by atoms with Crippen molar-refractivity contribution in [2.75, 3.05) is 26.2 Å². The van der Waals surface area contributed by atoms with Crippen molar-refractivity contribution in [3.8, 4) is 0 Å². The molecule has 0 bridgehead atoms. The van der Waals surface area contributed by atoms with Gasteiger partial charge in [0.05, 0.1) is 6.61 Å². The van der Waals surface area contributed by atoms with Crippen molar-refractivity contribution in [1.29, 1.82) is 0 Å². The third kappa shape index (κ3) is 2.10. The van der Waals surface area contributed by atoms with E-state index in [0.29, 0.717) is 11.8 Å². The summed E-state index contributed by atoms with van der Waals surface area (Å²) in [5.41, 5.74) is -0.0834. The molecule has 3 unspecified atom stereocenters. The summed E-state index contributed by atoms with van der Waals surface area (Å²) in [5, 5.41) is 7.00. The molecular weight excluding hydrogens is 176 g/mol. The molecule has 3 nitrogen and oxygen atoms in total. The van der Waals surface area contributed by atoms with Crippen LogP contribution in [0.2, 0.25) is 0 Å². The highest BCUT2D eigenvalue weighted by Crippen LogP contribution is 2.28.